The molecule has 0 amide bonds. The first-order valence-corrected chi connectivity index (χ1v) is 5.38. The predicted octanol–water partition coefficient (Wildman–Crippen LogP) is 2.72. The molecule has 2 aromatic heterocycles. The van der Waals surface area contributed by atoms with E-state index in [1.54, 1.807) is 0 Å². The fourth-order valence-electron chi connectivity index (χ4n) is 1.97. The number of rotatable bonds is 2. The van der Waals surface area contributed by atoms with E-state index in [0.717, 1.165) is 12.2 Å². The fraction of sp³-hybridized carbons (Fsp3) is 0.154. The number of aromatic nitrogens is 3. The second-order valence-electron chi connectivity index (χ2n) is 4.04. The molecule has 0 saturated carbocycles. The van der Waals surface area contributed by atoms with Gasteiger partial charge in [-0.25, -0.2) is 4.68 Å². The Morgan fingerprint density at radius 2 is 2.06 bits per heavy atom. The Morgan fingerprint density at radius 3 is 2.88 bits per heavy atom. The average Bonchev–Trinajstić information content (AvgIpc) is 2.81. The molecule has 0 aliphatic heterocycles. The van der Waals surface area contributed by atoms with Crippen LogP contribution in [0.15, 0.2) is 42.6 Å². The predicted molar refractivity (Wildman–Crippen MR) is 64.4 cm³/mol. The Morgan fingerprint density at radius 1 is 1.25 bits per heavy atom. The van der Waals surface area contributed by atoms with Crippen molar-refractivity contribution in [1.29, 1.82) is 0 Å². The number of H-pyrrole nitrogens is 1. The number of aromatic amines is 1. The van der Waals surface area contributed by atoms with E-state index in [9.17, 15) is 0 Å². The quantitative estimate of drug-likeness (QED) is 0.694. The van der Waals surface area contributed by atoms with Gasteiger partial charge in [-0.05, 0) is 18.6 Å². The zero-order valence-corrected chi connectivity index (χ0v) is 9.14. The molecule has 80 valence electrons. The van der Waals surface area contributed by atoms with Crippen molar-refractivity contribution in [2.24, 2.45) is 0 Å². The summed E-state index contributed by atoms with van der Waals surface area (Å²) in [4.78, 5) is 3.33. The van der Waals surface area contributed by atoms with Gasteiger partial charge >= 0.3 is 0 Å². The van der Waals surface area contributed by atoms with Crippen LogP contribution in [0.3, 0.4) is 0 Å². The number of benzene rings is 1. The van der Waals surface area contributed by atoms with Crippen LogP contribution in [0, 0.1) is 6.92 Å². The summed E-state index contributed by atoms with van der Waals surface area (Å²) in [6.07, 6.45) is 1.90. The van der Waals surface area contributed by atoms with Gasteiger partial charge in [0.15, 0.2) is 0 Å². The molecule has 3 heteroatoms. The highest BCUT2D eigenvalue weighted by Gasteiger charge is 2.05. The number of hydrogen-bond donors (Lipinski definition) is 1. The molecule has 1 N–H and O–H groups in total. The smallest absolute Gasteiger partial charge is 0.136 e. The van der Waals surface area contributed by atoms with Crippen LogP contribution in [-0.2, 0) is 6.54 Å². The van der Waals surface area contributed by atoms with E-state index in [1.807, 2.05) is 16.9 Å². The van der Waals surface area contributed by atoms with E-state index in [1.165, 1.54) is 16.6 Å². The highest BCUT2D eigenvalue weighted by Crippen LogP contribution is 2.15. The van der Waals surface area contributed by atoms with Crippen LogP contribution in [0.4, 0.5) is 0 Å². The molecule has 16 heavy (non-hydrogen) atoms. The Bertz CT molecular complexity index is 604. The number of nitrogens with one attached hydrogen (secondary N) is 1. The van der Waals surface area contributed by atoms with Gasteiger partial charge in [-0.15, -0.1) is 0 Å². The first-order valence-electron chi connectivity index (χ1n) is 5.38. The lowest BCUT2D eigenvalue weighted by molar-refractivity contribution is 0.704. The van der Waals surface area contributed by atoms with Crippen molar-refractivity contribution >= 4 is 11.0 Å². The standard InChI is InChI=1S/C13H13N3/c1-10-7-12-8-14-16(13(12)15-10)9-11-5-3-2-4-6-11/h2-8,15H,9H2,1H3. The first kappa shape index (κ1) is 9.21. The lowest BCUT2D eigenvalue weighted by atomic mass is 10.2. The molecular weight excluding hydrogens is 198 g/mol. The van der Waals surface area contributed by atoms with Gasteiger partial charge in [-0.2, -0.15) is 5.10 Å². The van der Waals surface area contributed by atoms with Gasteiger partial charge in [0.05, 0.1) is 12.7 Å². The number of hydrogen-bond acceptors (Lipinski definition) is 1. The number of fused-ring (bicyclic) bond motifs is 1. The van der Waals surface area contributed by atoms with E-state index in [-0.39, 0.29) is 0 Å². The number of aryl methyl sites for hydroxylation is 1. The largest absolute Gasteiger partial charge is 0.344 e. The van der Waals surface area contributed by atoms with Gasteiger partial charge in [-0.1, -0.05) is 30.3 Å². The minimum absolute atomic E-state index is 0.810. The zero-order chi connectivity index (χ0) is 11.0. The minimum Gasteiger partial charge on any atom is -0.344 e. The SMILES string of the molecule is Cc1cc2cnn(Cc3ccccc3)c2[nH]1. The molecule has 0 unspecified atom stereocenters. The molecule has 0 bridgehead atoms. The van der Waals surface area contributed by atoms with Crippen molar-refractivity contribution in [3.05, 3.63) is 53.9 Å². The molecule has 0 aliphatic carbocycles. The lowest BCUT2D eigenvalue weighted by Crippen LogP contribution is -2.01. The maximum Gasteiger partial charge on any atom is 0.136 e. The minimum atomic E-state index is 0.810. The third-order valence-corrected chi connectivity index (χ3v) is 2.73. The molecule has 3 rings (SSSR count). The molecule has 0 atom stereocenters. The Hall–Kier alpha value is -2.03. The fourth-order valence-corrected chi connectivity index (χ4v) is 1.97. The topological polar surface area (TPSA) is 33.6 Å². The third kappa shape index (κ3) is 1.50. The molecule has 3 aromatic rings. The van der Waals surface area contributed by atoms with Crippen LogP contribution in [0.1, 0.15) is 11.3 Å². The van der Waals surface area contributed by atoms with Crippen LogP contribution in [0.5, 0.6) is 0 Å². The van der Waals surface area contributed by atoms with Crippen molar-refractivity contribution in [3.63, 3.8) is 0 Å². The second kappa shape index (κ2) is 3.52. The van der Waals surface area contributed by atoms with E-state index in [0.29, 0.717) is 0 Å². The summed E-state index contributed by atoms with van der Waals surface area (Å²) in [6.45, 7) is 2.87. The molecular formula is C13H13N3. The highest BCUT2D eigenvalue weighted by atomic mass is 15.3. The van der Waals surface area contributed by atoms with Crippen LogP contribution in [0.25, 0.3) is 11.0 Å². The average molecular weight is 211 g/mol. The zero-order valence-electron chi connectivity index (χ0n) is 9.14. The molecule has 1 aromatic carbocycles. The molecule has 0 fully saturated rings. The van der Waals surface area contributed by atoms with Gasteiger partial charge in [0.1, 0.15) is 5.65 Å². The maximum absolute atomic E-state index is 4.38. The summed E-state index contributed by atoms with van der Waals surface area (Å²) in [7, 11) is 0. The van der Waals surface area contributed by atoms with Crippen molar-refractivity contribution in [2.45, 2.75) is 13.5 Å². The monoisotopic (exact) mass is 211 g/mol. The summed E-state index contributed by atoms with van der Waals surface area (Å²) in [6, 6.07) is 12.5. The van der Waals surface area contributed by atoms with Crippen molar-refractivity contribution in [2.75, 3.05) is 0 Å². The Labute approximate surface area is 93.7 Å². The molecule has 0 saturated heterocycles. The summed E-state index contributed by atoms with van der Waals surface area (Å²) in [5.41, 5.74) is 3.54. The van der Waals surface area contributed by atoms with Crippen LogP contribution in [-0.4, -0.2) is 14.8 Å². The van der Waals surface area contributed by atoms with Gasteiger partial charge in [0.2, 0.25) is 0 Å². The first-order chi connectivity index (χ1) is 7.83. The molecule has 0 radical (unpaired) electrons. The highest BCUT2D eigenvalue weighted by molar-refractivity contribution is 5.76. The van der Waals surface area contributed by atoms with Gasteiger partial charge in [0.25, 0.3) is 0 Å². The maximum atomic E-state index is 4.38. The normalized spacial score (nSPS) is 11.1. The Balaban J connectivity index is 2.00. The van der Waals surface area contributed by atoms with Gasteiger partial charge in [-0.3, -0.25) is 0 Å². The molecule has 2 heterocycles. The molecule has 0 aliphatic rings. The summed E-state index contributed by atoms with van der Waals surface area (Å²) in [5, 5.41) is 5.55. The van der Waals surface area contributed by atoms with E-state index < -0.39 is 0 Å². The van der Waals surface area contributed by atoms with Gasteiger partial charge in [0, 0.05) is 11.1 Å². The van der Waals surface area contributed by atoms with Crippen LogP contribution >= 0.6 is 0 Å². The summed E-state index contributed by atoms with van der Waals surface area (Å²) < 4.78 is 2.00. The van der Waals surface area contributed by atoms with Crippen molar-refractivity contribution in [3.8, 4) is 0 Å². The Kier molecular flexibility index (Phi) is 2.03. The lowest BCUT2D eigenvalue weighted by Gasteiger charge is -2.02. The summed E-state index contributed by atoms with van der Waals surface area (Å²) >= 11 is 0. The van der Waals surface area contributed by atoms with E-state index in [4.69, 9.17) is 0 Å². The second-order valence-corrected chi connectivity index (χ2v) is 4.04. The van der Waals surface area contributed by atoms with Crippen LogP contribution < -0.4 is 0 Å². The molecule has 0 spiro atoms. The van der Waals surface area contributed by atoms with Gasteiger partial charge < -0.3 is 4.98 Å². The van der Waals surface area contributed by atoms with Crippen LogP contribution in [0.2, 0.25) is 0 Å². The van der Waals surface area contributed by atoms with Crippen molar-refractivity contribution < 1.29 is 0 Å². The number of nitrogens with zero attached hydrogens (tertiary/aromatic N) is 2. The third-order valence-electron chi connectivity index (χ3n) is 2.73. The molecule has 3 nitrogen and oxygen atoms in total. The summed E-state index contributed by atoms with van der Waals surface area (Å²) in [5.74, 6) is 0. The van der Waals surface area contributed by atoms with Crippen molar-refractivity contribution in [1.82, 2.24) is 14.8 Å². The van der Waals surface area contributed by atoms with E-state index in [2.05, 4.69) is 47.3 Å². The van der Waals surface area contributed by atoms with E-state index >= 15 is 0 Å².